The topological polar surface area (TPSA) is 84.9 Å². The second kappa shape index (κ2) is 10.2. The minimum atomic E-state index is -0.884. The number of hydrogen-bond acceptors (Lipinski definition) is 4. The molecule has 0 spiro atoms. The van der Waals surface area contributed by atoms with Crippen LogP contribution in [0.25, 0.3) is 0 Å². The molecule has 0 saturated heterocycles. The number of rotatable bonds is 10. The number of hydrogen-bond donors (Lipinski definition) is 2. The smallest absolute Gasteiger partial charge is 0.303 e. The number of carbonyl (C=O) groups is 2. The first-order chi connectivity index (χ1) is 13.0. The summed E-state index contributed by atoms with van der Waals surface area (Å²) < 4.78 is 10.8. The third-order valence-corrected chi connectivity index (χ3v) is 4.09. The Morgan fingerprint density at radius 3 is 2.48 bits per heavy atom. The van der Waals surface area contributed by atoms with Gasteiger partial charge in [-0.15, -0.1) is 0 Å². The molecular formula is C21H25NO5. The van der Waals surface area contributed by atoms with Gasteiger partial charge in [0.1, 0.15) is 0 Å². The molecule has 0 saturated carbocycles. The molecule has 6 nitrogen and oxygen atoms in total. The van der Waals surface area contributed by atoms with Crippen molar-refractivity contribution in [1.29, 1.82) is 0 Å². The van der Waals surface area contributed by atoms with Crippen LogP contribution in [0, 0.1) is 0 Å². The van der Waals surface area contributed by atoms with Crippen molar-refractivity contribution in [2.75, 3.05) is 13.7 Å². The molecule has 0 aliphatic heterocycles. The molecule has 144 valence electrons. The van der Waals surface area contributed by atoms with E-state index in [0.717, 1.165) is 5.56 Å². The highest BCUT2D eigenvalue weighted by Gasteiger charge is 2.17. The fraction of sp³-hybridized carbons (Fsp3) is 0.333. The van der Waals surface area contributed by atoms with Crippen LogP contribution in [-0.2, 0) is 11.2 Å². The van der Waals surface area contributed by atoms with E-state index < -0.39 is 5.97 Å². The molecule has 1 atom stereocenters. The molecule has 6 heteroatoms. The number of carboxylic acids is 1. The summed E-state index contributed by atoms with van der Waals surface area (Å²) in [6.45, 7) is 2.37. The van der Waals surface area contributed by atoms with Gasteiger partial charge in [0.2, 0.25) is 0 Å². The highest BCUT2D eigenvalue weighted by Crippen LogP contribution is 2.28. The van der Waals surface area contributed by atoms with Gasteiger partial charge in [0.25, 0.3) is 5.91 Å². The average Bonchev–Trinajstić information content (AvgIpc) is 2.67. The van der Waals surface area contributed by atoms with Crippen molar-refractivity contribution in [2.45, 2.75) is 32.2 Å². The fourth-order valence-electron chi connectivity index (χ4n) is 2.77. The van der Waals surface area contributed by atoms with E-state index in [4.69, 9.17) is 14.6 Å². The second-order valence-corrected chi connectivity index (χ2v) is 6.09. The molecular weight excluding hydrogens is 346 g/mol. The van der Waals surface area contributed by atoms with Gasteiger partial charge in [-0.25, -0.2) is 0 Å². The standard InChI is InChI=1S/C21H25NO5/c1-3-27-18-11-9-16(14-19(18)26-2)21(25)22-17(10-12-20(23)24)13-15-7-5-4-6-8-15/h4-9,11,14,17H,3,10,12-13H2,1-2H3,(H,22,25)(H,23,24). The first kappa shape index (κ1) is 20.3. The zero-order chi connectivity index (χ0) is 19.6. The maximum absolute atomic E-state index is 12.7. The van der Waals surface area contributed by atoms with E-state index in [1.54, 1.807) is 18.2 Å². The van der Waals surface area contributed by atoms with E-state index >= 15 is 0 Å². The number of carboxylic acid groups (broad SMARTS) is 1. The Morgan fingerprint density at radius 2 is 1.85 bits per heavy atom. The predicted octanol–water partition coefficient (Wildman–Crippen LogP) is 3.30. The van der Waals surface area contributed by atoms with E-state index in [1.807, 2.05) is 37.3 Å². The van der Waals surface area contributed by atoms with Gasteiger partial charge in [-0.05, 0) is 43.5 Å². The van der Waals surface area contributed by atoms with Crippen molar-refractivity contribution in [3.05, 3.63) is 59.7 Å². The van der Waals surface area contributed by atoms with Crippen LogP contribution in [0.4, 0.5) is 0 Å². The van der Waals surface area contributed by atoms with Crippen LogP contribution < -0.4 is 14.8 Å². The Balaban J connectivity index is 2.12. The molecule has 0 aliphatic rings. The molecule has 0 aliphatic carbocycles. The van der Waals surface area contributed by atoms with Crippen molar-refractivity contribution in [2.24, 2.45) is 0 Å². The van der Waals surface area contributed by atoms with Gasteiger partial charge in [-0.3, -0.25) is 9.59 Å². The Kier molecular flexibility index (Phi) is 7.67. The lowest BCUT2D eigenvalue weighted by Crippen LogP contribution is -2.37. The lowest BCUT2D eigenvalue weighted by molar-refractivity contribution is -0.137. The van der Waals surface area contributed by atoms with Crippen LogP contribution in [0.15, 0.2) is 48.5 Å². The Labute approximate surface area is 159 Å². The highest BCUT2D eigenvalue weighted by atomic mass is 16.5. The predicted molar refractivity (Wildman–Crippen MR) is 102 cm³/mol. The molecule has 2 aromatic rings. The van der Waals surface area contributed by atoms with Crippen molar-refractivity contribution in [3.63, 3.8) is 0 Å². The first-order valence-corrected chi connectivity index (χ1v) is 8.91. The maximum atomic E-state index is 12.7. The zero-order valence-corrected chi connectivity index (χ0v) is 15.6. The molecule has 1 amide bonds. The zero-order valence-electron chi connectivity index (χ0n) is 15.6. The van der Waals surface area contributed by atoms with Gasteiger partial charge in [0.15, 0.2) is 11.5 Å². The third kappa shape index (κ3) is 6.33. The number of benzene rings is 2. The summed E-state index contributed by atoms with van der Waals surface area (Å²) in [6.07, 6.45) is 0.905. The largest absolute Gasteiger partial charge is 0.493 e. The van der Waals surface area contributed by atoms with Crippen molar-refractivity contribution < 1.29 is 24.2 Å². The van der Waals surface area contributed by atoms with Crippen molar-refractivity contribution in [3.8, 4) is 11.5 Å². The van der Waals surface area contributed by atoms with Crippen LogP contribution in [0.3, 0.4) is 0 Å². The summed E-state index contributed by atoms with van der Waals surface area (Å²) in [4.78, 5) is 23.6. The summed E-state index contributed by atoms with van der Waals surface area (Å²) in [5.74, 6) is -0.106. The molecule has 27 heavy (non-hydrogen) atoms. The van der Waals surface area contributed by atoms with Crippen LogP contribution >= 0.6 is 0 Å². The molecule has 1 unspecified atom stereocenters. The minimum absolute atomic E-state index is 0.00954. The van der Waals surface area contributed by atoms with E-state index in [9.17, 15) is 9.59 Å². The molecule has 0 aromatic heterocycles. The molecule has 0 radical (unpaired) electrons. The molecule has 2 N–H and O–H groups in total. The van der Waals surface area contributed by atoms with Gasteiger partial charge in [0.05, 0.1) is 13.7 Å². The normalized spacial score (nSPS) is 11.5. The fourth-order valence-corrected chi connectivity index (χ4v) is 2.77. The van der Waals surface area contributed by atoms with E-state index in [2.05, 4.69) is 5.32 Å². The van der Waals surface area contributed by atoms with Crippen molar-refractivity contribution >= 4 is 11.9 Å². The molecule has 2 rings (SSSR count). The summed E-state index contributed by atoms with van der Waals surface area (Å²) in [6, 6.07) is 14.4. The molecule has 0 bridgehead atoms. The van der Waals surface area contributed by atoms with E-state index in [-0.39, 0.29) is 18.4 Å². The molecule has 0 heterocycles. The van der Waals surface area contributed by atoms with E-state index in [0.29, 0.717) is 36.5 Å². The molecule has 2 aromatic carbocycles. The number of methoxy groups -OCH3 is 1. The van der Waals surface area contributed by atoms with Crippen molar-refractivity contribution in [1.82, 2.24) is 5.32 Å². The van der Waals surface area contributed by atoms with Crippen LogP contribution in [-0.4, -0.2) is 36.7 Å². The maximum Gasteiger partial charge on any atom is 0.303 e. The number of aliphatic carboxylic acids is 1. The SMILES string of the molecule is CCOc1ccc(C(=O)NC(CCC(=O)O)Cc2ccccc2)cc1OC. The van der Waals surface area contributed by atoms with Gasteiger partial charge in [0, 0.05) is 18.0 Å². The van der Waals surface area contributed by atoms with E-state index in [1.165, 1.54) is 7.11 Å². The van der Waals surface area contributed by atoms with Crippen LogP contribution in [0.5, 0.6) is 11.5 Å². The third-order valence-electron chi connectivity index (χ3n) is 4.09. The van der Waals surface area contributed by atoms with Crippen LogP contribution in [0.1, 0.15) is 35.7 Å². The van der Waals surface area contributed by atoms with Crippen LogP contribution in [0.2, 0.25) is 0 Å². The quantitative estimate of drug-likeness (QED) is 0.669. The lowest BCUT2D eigenvalue weighted by Gasteiger charge is -2.19. The highest BCUT2D eigenvalue weighted by molar-refractivity contribution is 5.95. The Morgan fingerprint density at radius 1 is 1.11 bits per heavy atom. The number of ether oxygens (including phenoxy) is 2. The number of amides is 1. The summed E-state index contributed by atoms with van der Waals surface area (Å²) >= 11 is 0. The Bertz CT molecular complexity index is 760. The number of carbonyl (C=O) groups excluding carboxylic acids is 1. The monoisotopic (exact) mass is 371 g/mol. The summed E-state index contributed by atoms with van der Waals surface area (Å²) in [7, 11) is 1.52. The second-order valence-electron chi connectivity index (χ2n) is 6.09. The summed E-state index contributed by atoms with van der Waals surface area (Å²) in [5.41, 5.74) is 1.47. The average molecular weight is 371 g/mol. The first-order valence-electron chi connectivity index (χ1n) is 8.91. The minimum Gasteiger partial charge on any atom is -0.493 e. The number of nitrogens with one attached hydrogen (secondary N) is 1. The van der Waals surface area contributed by atoms with Gasteiger partial charge in [-0.1, -0.05) is 30.3 Å². The van der Waals surface area contributed by atoms with Gasteiger partial charge >= 0.3 is 5.97 Å². The van der Waals surface area contributed by atoms with Gasteiger partial charge in [-0.2, -0.15) is 0 Å². The molecule has 0 fully saturated rings. The Hall–Kier alpha value is -3.02. The lowest BCUT2D eigenvalue weighted by atomic mass is 10.0. The van der Waals surface area contributed by atoms with Gasteiger partial charge < -0.3 is 19.9 Å². The summed E-state index contributed by atoms with van der Waals surface area (Å²) in [5, 5.41) is 11.9.